The first-order valence-electron chi connectivity index (χ1n) is 8.60. The fourth-order valence-corrected chi connectivity index (χ4v) is 4.73. The Labute approximate surface area is 123 Å². The van der Waals surface area contributed by atoms with Crippen molar-refractivity contribution < 1.29 is 4.79 Å². The van der Waals surface area contributed by atoms with Crippen molar-refractivity contribution in [1.29, 1.82) is 0 Å². The van der Waals surface area contributed by atoms with Gasteiger partial charge in [-0.15, -0.1) is 0 Å². The Hall–Kier alpha value is -0.570. The van der Waals surface area contributed by atoms with Crippen LogP contribution in [-0.2, 0) is 4.79 Å². The predicted octanol–water partition coefficient (Wildman–Crippen LogP) is 2.79. The summed E-state index contributed by atoms with van der Waals surface area (Å²) < 4.78 is 0. The van der Waals surface area contributed by atoms with Crippen LogP contribution in [-0.4, -0.2) is 30.4 Å². The predicted molar refractivity (Wildman–Crippen MR) is 81.1 cm³/mol. The molecule has 0 aromatic heterocycles. The molecule has 2 saturated carbocycles. The minimum Gasteiger partial charge on any atom is -0.342 e. The van der Waals surface area contributed by atoms with Gasteiger partial charge in [-0.2, -0.15) is 0 Å². The highest BCUT2D eigenvalue weighted by Gasteiger charge is 2.40. The van der Waals surface area contributed by atoms with Crippen molar-refractivity contribution in [3.8, 4) is 0 Å². The van der Waals surface area contributed by atoms with Crippen molar-refractivity contribution >= 4 is 5.91 Å². The van der Waals surface area contributed by atoms with E-state index in [-0.39, 0.29) is 5.41 Å². The van der Waals surface area contributed by atoms with Crippen molar-refractivity contribution in [3.05, 3.63) is 0 Å². The molecule has 1 aliphatic heterocycles. The maximum Gasteiger partial charge on any atom is 0.225 e. The molecule has 0 spiro atoms. The molecule has 3 nitrogen and oxygen atoms in total. The van der Waals surface area contributed by atoms with Gasteiger partial charge in [-0.3, -0.25) is 4.79 Å². The third-order valence-electron chi connectivity index (χ3n) is 6.25. The van der Waals surface area contributed by atoms with Crippen LogP contribution in [0.3, 0.4) is 0 Å². The van der Waals surface area contributed by atoms with E-state index in [2.05, 4.69) is 11.8 Å². The van der Waals surface area contributed by atoms with Crippen LogP contribution in [0.5, 0.6) is 0 Å². The first kappa shape index (κ1) is 14.4. The molecule has 0 radical (unpaired) electrons. The molecule has 0 aromatic carbocycles. The van der Waals surface area contributed by atoms with Gasteiger partial charge >= 0.3 is 0 Å². The van der Waals surface area contributed by atoms with Crippen molar-refractivity contribution in [2.75, 3.05) is 19.6 Å². The molecule has 3 heteroatoms. The Balaban J connectivity index is 1.58. The summed E-state index contributed by atoms with van der Waals surface area (Å²) in [7, 11) is 0. The molecule has 0 bridgehead atoms. The van der Waals surface area contributed by atoms with Gasteiger partial charge in [-0.05, 0) is 49.5 Å². The van der Waals surface area contributed by atoms with E-state index in [1.54, 1.807) is 0 Å². The van der Waals surface area contributed by atoms with Crippen LogP contribution in [0.25, 0.3) is 0 Å². The molecule has 2 aliphatic carbocycles. The Morgan fingerprint density at radius 2 is 1.95 bits per heavy atom. The fraction of sp³-hybridized carbons (Fsp3) is 0.941. The lowest BCUT2D eigenvalue weighted by atomic mass is 9.67. The van der Waals surface area contributed by atoms with E-state index in [1.807, 2.05) is 0 Å². The fourth-order valence-electron chi connectivity index (χ4n) is 4.73. The van der Waals surface area contributed by atoms with Gasteiger partial charge in [-0.25, -0.2) is 0 Å². The van der Waals surface area contributed by atoms with Crippen LogP contribution < -0.4 is 5.73 Å². The molecule has 4 unspecified atom stereocenters. The number of hydrogen-bond donors (Lipinski definition) is 1. The van der Waals surface area contributed by atoms with Gasteiger partial charge in [0.05, 0.1) is 0 Å². The number of carbonyl (C=O) groups excluding carboxylic acids is 1. The number of hydrogen-bond acceptors (Lipinski definition) is 2. The number of amides is 1. The Kier molecular flexibility index (Phi) is 4.07. The Bertz CT molecular complexity index is 370. The third kappa shape index (κ3) is 2.74. The maximum absolute atomic E-state index is 12.8. The summed E-state index contributed by atoms with van der Waals surface area (Å²) >= 11 is 0. The molecular weight excluding hydrogens is 248 g/mol. The van der Waals surface area contributed by atoms with Crippen molar-refractivity contribution in [3.63, 3.8) is 0 Å². The lowest BCUT2D eigenvalue weighted by Gasteiger charge is -2.39. The molecule has 0 aromatic rings. The molecule has 4 atom stereocenters. The van der Waals surface area contributed by atoms with E-state index in [0.29, 0.717) is 18.4 Å². The van der Waals surface area contributed by atoms with Crippen LogP contribution >= 0.6 is 0 Å². The molecule has 3 aliphatic rings. The molecular formula is C17H30N2O. The van der Waals surface area contributed by atoms with Gasteiger partial charge < -0.3 is 10.6 Å². The topological polar surface area (TPSA) is 46.3 Å². The quantitative estimate of drug-likeness (QED) is 0.844. The van der Waals surface area contributed by atoms with Crippen LogP contribution in [0.2, 0.25) is 0 Å². The second-order valence-corrected chi connectivity index (χ2v) is 7.84. The Morgan fingerprint density at radius 3 is 2.65 bits per heavy atom. The highest BCUT2D eigenvalue weighted by Crippen LogP contribution is 2.43. The van der Waals surface area contributed by atoms with Gasteiger partial charge in [0, 0.05) is 19.0 Å². The number of likely N-dealkylation sites (tertiary alicyclic amines) is 1. The van der Waals surface area contributed by atoms with E-state index in [1.165, 1.54) is 38.5 Å². The van der Waals surface area contributed by atoms with E-state index >= 15 is 0 Å². The highest BCUT2D eigenvalue weighted by atomic mass is 16.2. The summed E-state index contributed by atoms with van der Waals surface area (Å²) in [4.78, 5) is 14.9. The first-order chi connectivity index (χ1) is 9.61. The van der Waals surface area contributed by atoms with E-state index < -0.39 is 0 Å². The monoisotopic (exact) mass is 278 g/mol. The van der Waals surface area contributed by atoms with Crippen LogP contribution in [0.15, 0.2) is 0 Å². The summed E-state index contributed by atoms with van der Waals surface area (Å²) in [6.45, 7) is 4.73. The van der Waals surface area contributed by atoms with Crippen molar-refractivity contribution in [2.45, 2.75) is 58.3 Å². The average Bonchev–Trinajstić information content (AvgIpc) is 2.89. The third-order valence-corrected chi connectivity index (χ3v) is 6.25. The Morgan fingerprint density at radius 1 is 1.20 bits per heavy atom. The summed E-state index contributed by atoms with van der Waals surface area (Å²) in [5, 5.41) is 0. The lowest BCUT2D eigenvalue weighted by Crippen LogP contribution is -2.40. The van der Waals surface area contributed by atoms with Crippen molar-refractivity contribution in [1.82, 2.24) is 4.90 Å². The smallest absolute Gasteiger partial charge is 0.225 e. The largest absolute Gasteiger partial charge is 0.342 e. The van der Waals surface area contributed by atoms with E-state index in [4.69, 9.17) is 5.73 Å². The zero-order chi connectivity index (χ0) is 14.2. The van der Waals surface area contributed by atoms with Gasteiger partial charge in [0.2, 0.25) is 5.91 Å². The minimum absolute atomic E-state index is 0.164. The highest BCUT2D eigenvalue weighted by molar-refractivity contribution is 5.79. The summed E-state index contributed by atoms with van der Waals surface area (Å²) in [5.41, 5.74) is 6.02. The SMILES string of the molecule is CC1(CN)CCN(C(=O)C2CCC3CCCCC3C2)C1. The molecule has 1 amide bonds. The number of nitrogens with two attached hydrogens (primary N) is 1. The average molecular weight is 278 g/mol. The summed E-state index contributed by atoms with van der Waals surface area (Å²) in [5.74, 6) is 2.52. The van der Waals surface area contributed by atoms with Gasteiger partial charge in [0.25, 0.3) is 0 Å². The van der Waals surface area contributed by atoms with Crippen LogP contribution in [0.1, 0.15) is 58.3 Å². The standard InChI is InChI=1S/C17H30N2O/c1-17(11-18)8-9-19(12-17)16(20)15-7-6-13-4-2-3-5-14(13)10-15/h13-15H,2-12,18H2,1H3. The molecule has 114 valence electrons. The zero-order valence-corrected chi connectivity index (χ0v) is 12.9. The first-order valence-corrected chi connectivity index (χ1v) is 8.60. The van der Waals surface area contributed by atoms with Gasteiger partial charge in [-0.1, -0.05) is 32.6 Å². The van der Waals surface area contributed by atoms with Gasteiger partial charge in [0.1, 0.15) is 0 Å². The molecule has 1 heterocycles. The lowest BCUT2D eigenvalue weighted by molar-refractivity contribution is -0.137. The summed E-state index contributed by atoms with van der Waals surface area (Å²) in [6.07, 6.45) is 10.3. The second-order valence-electron chi connectivity index (χ2n) is 7.84. The number of nitrogens with zero attached hydrogens (tertiary/aromatic N) is 1. The number of fused-ring (bicyclic) bond motifs is 1. The second kappa shape index (κ2) is 5.67. The van der Waals surface area contributed by atoms with E-state index in [9.17, 15) is 4.79 Å². The summed E-state index contributed by atoms with van der Waals surface area (Å²) in [6, 6.07) is 0. The normalized spacial score (nSPS) is 41.5. The van der Waals surface area contributed by atoms with Crippen molar-refractivity contribution in [2.24, 2.45) is 28.9 Å². The van der Waals surface area contributed by atoms with E-state index in [0.717, 1.165) is 37.8 Å². The van der Waals surface area contributed by atoms with Gasteiger partial charge in [0.15, 0.2) is 0 Å². The minimum atomic E-state index is 0.164. The molecule has 1 saturated heterocycles. The zero-order valence-electron chi connectivity index (χ0n) is 12.9. The molecule has 2 N–H and O–H groups in total. The van der Waals surface area contributed by atoms with Crippen LogP contribution in [0, 0.1) is 23.2 Å². The maximum atomic E-state index is 12.8. The molecule has 3 rings (SSSR count). The van der Waals surface area contributed by atoms with Crippen LogP contribution in [0.4, 0.5) is 0 Å². The number of carbonyl (C=O) groups is 1. The molecule has 20 heavy (non-hydrogen) atoms. The molecule has 3 fully saturated rings. The number of rotatable bonds is 2.